The minimum atomic E-state index is -0.623. The number of amides is 1. The average Bonchev–Trinajstić information content (AvgIpc) is 2.93. The number of ether oxygens (including phenoxy) is 2. The van der Waals surface area contributed by atoms with E-state index < -0.39 is 11.2 Å². The molecule has 0 bridgehead atoms. The van der Waals surface area contributed by atoms with Crippen LogP contribution < -0.4 is 5.73 Å². The first-order chi connectivity index (χ1) is 10.8. The minimum Gasteiger partial charge on any atom is -0.444 e. The molecule has 126 valence electrons. The zero-order valence-electron chi connectivity index (χ0n) is 14.1. The van der Waals surface area contributed by atoms with Crippen LogP contribution in [-0.2, 0) is 15.1 Å². The summed E-state index contributed by atoms with van der Waals surface area (Å²) < 4.78 is 11.1. The maximum absolute atomic E-state index is 12.2. The third-order valence-corrected chi connectivity index (χ3v) is 3.71. The van der Waals surface area contributed by atoms with Gasteiger partial charge in [0.15, 0.2) is 0 Å². The van der Waals surface area contributed by atoms with Gasteiger partial charge in [0.05, 0.1) is 30.5 Å². The monoisotopic (exact) mass is 320 g/mol. The maximum atomic E-state index is 12.2. The number of nitrogens with two attached hydrogens (primary N) is 1. The lowest BCUT2D eigenvalue weighted by atomic mass is 9.98. The number of pyridine rings is 1. The summed E-state index contributed by atoms with van der Waals surface area (Å²) >= 11 is 0. The van der Waals surface area contributed by atoms with Crippen LogP contribution in [0.4, 0.5) is 10.5 Å². The highest BCUT2D eigenvalue weighted by Crippen LogP contribution is 2.35. The van der Waals surface area contributed by atoms with Crippen LogP contribution in [0.2, 0.25) is 0 Å². The van der Waals surface area contributed by atoms with Gasteiger partial charge in [-0.25, -0.2) is 9.79 Å². The Morgan fingerprint density at radius 2 is 2.22 bits per heavy atom. The van der Waals surface area contributed by atoms with E-state index in [1.54, 1.807) is 18.2 Å². The lowest BCUT2D eigenvalue weighted by Crippen LogP contribution is -2.39. The molecule has 0 radical (unpaired) electrons. The summed E-state index contributed by atoms with van der Waals surface area (Å²) in [6.45, 7) is 6.52. The van der Waals surface area contributed by atoms with Gasteiger partial charge in [0.1, 0.15) is 11.2 Å². The third-order valence-electron chi connectivity index (χ3n) is 3.71. The normalized spacial score (nSPS) is 21.8. The molecule has 7 nitrogen and oxygen atoms in total. The van der Waals surface area contributed by atoms with Crippen LogP contribution in [0.5, 0.6) is 0 Å². The third kappa shape index (κ3) is 3.98. The van der Waals surface area contributed by atoms with Gasteiger partial charge >= 0.3 is 6.09 Å². The Balaban J connectivity index is 2.15. The fraction of sp³-hybridized carbons (Fsp3) is 0.562. The van der Waals surface area contributed by atoms with E-state index in [-0.39, 0.29) is 6.09 Å². The Hall–Kier alpha value is -2.15. The summed E-state index contributed by atoms with van der Waals surface area (Å²) in [5.74, 6) is 0. The number of aliphatic imine (C=N–C) groups is 1. The number of rotatable bonds is 3. The summed E-state index contributed by atoms with van der Waals surface area (Å²) in [5, 5.41) is 0. The van der Waals surface area contributed by atoms with Gasteiger partial charge in [0.2, 0.25) is 0 Å². The molecule has 1 aromatic heterocycles. The molecule has 2 N–H and O–H groups in total. The summed E-state index contributed by atoms with van der Waals surface area (Å²) in [6.07, 6.45) is 3.19. The molecule has 0 aliphatic carbocycles. The highest BCUT2D eigenvalue weighted by Gasteiger charge is 2.43. The second-order valence-corrected chi connectivity index (χ2v) is 6.53. The molecule has 1 unspecified atom stereocenters. The van der Waals surface area contributed by atoms with Crippen molar-refractivity contribution < 1.29 is 14.3 Å². The molecule has 23 heavy (non-hydrogen) atoms. The van der Waals surface area contributed by atoms with E-state index in [0.29, 0.717) is 25.2 Å². The Kier molecular flexibility index (Phi) is 4.89. The van der Waals surface area contributed by atoms with E-state index in [1.807, 2.05) is 32.9 Å². The van der Waals surface area contributed by atoms with Crippen LogP contribution in [-0.4, -0.2) is 48.1 Å². The molecule has 1 atom stereocenters. The average molecular weight is 320 g/mol. The first-order valence-corrected chi connectivity index (χ1v) is 7.53. The smallest absolute Gasteiger partial charge is 0.410 e. The molecule has 1 aliphatic heterocycles. The summed E-state index contributed by atoms with van der Waals surface area (Å²) in [7, 11) is 1.63. The Morgan fingerprint density at radius 1 is 1.48 bits per heavy atom. The van der Waals surface area contributed by atoms with Gasteiger partial charge in [0, 0.05) is 20.1 Å². The molecule has 1 saturated heterocycles. The Bertz CT molecular complexity index is 580. The van der Waals surface area contributed by atoms with Crippen molar-refractivity contribution >= 4 is 18.1 Å². The van der Waals surface area contributed by atoms with Gasteiger partial charge in [-0.3, -0.25) is 4.98 Å². The van der Waals surface area contributed by atoms with Crippen molar-refractivity contribution in [3.8, 4) is 0 Å². The van der Waals surface area contributed by atoms with Crippen molar-refractivity contribution in [3.05, 3.63) is 24.0 Å². The Labute approximate surface area is 136 Å². The van der Waals surface area contributed by atoms with Crippen LogP contribution in [0.15, 0.2) is 23.3 Å². The van der Waals surface area contributed by atoms with Crippen LogP contribution in [0, 0.1) is 0 Å². The topological polar surface area (TPSA) is 90.0 Å². The second kappa shape index (κ2) is 6.54. The largest absolute Gasteiger partial charge is 0.444 e. The molecule has 7 heteroatoms. The van der Waals surface area contributed by atoms with Crippen LogP contribution in [0.1, 0.15) is 32.9 Å². The number of carbonyl (C=O) groups is 1. The summed E-state index contributed by atoms with van der Waals surface area (Å²) in [4.78, 5) is 22.3. The van der Waals surface area contributed by atoms with Crippen LogP contribution in [0.25, 0.3) is 0 Å². The molecule has 1 aliphatic rings. The molecule has 0 aromatic carbocycles. The predicted molar refractivity (Wildman–Crippen MR) is 87.7 cm³/mol. The van der Waals surface area contributed by atoms with Gasteiger partial charge in [0.25, 0.3) is 0 Å². The number of hydrogen-bond acceptors (Lipinski definition) is 5. The zero-order chi connectivity index (χ0) is 17.1. The fourth-order valence-corrected chi connectivity index (χ4v) is 2.56. The highest BCUT2D eigenvalue weighted by molar-refractivity contribution is 5.68. The zero-order valence-corrected chi connectivity index (χ0v) is 14.1. The number of nitrogens with zero attached hydrogens (tertiary/aromatic N) is 3. The van der Waals surface area contributed by atoms with E-state index in [9.17, 15) is 4.79 Å². The van der Waals surface area contributed by atoms with Gasteiger partial charge < -0.3 is 20.1 Å². The highest BCUT2D eigenvalue weighted by atomic mass is 16.6. The van der Waals surface area contributed by atoms with Crippen LogP contribution in [0.3, 0.4) is 0 Å². The lowest BCUT2D eigenvalue weighted by Gasteiger charge is -2.28. The SMILES string of the molecule is COC1(c2ccc(N=CN)cn2)CCN(C(=O)OC(C)(C)C)C1. The molecule has 1 fully saturated rings. The molecule has 0 saturated carbocycles. The van der Waals surface area contributed by atoms with Gasteiger partial charge in [-0.05, 0) is 32.9 Å². The number of aromatic nitrogens is 1. The summed E-state index contributed by atoms with van der Waals surface area (Å²) in [6, 6.07) is 3.67. The predicted octanol–water partition coefficient (Wildman–Crippen LogP) is 2.18. The van der Waals surface area contributed by atoms with E-state index in [0.717, 1.165) is 5.69 Å². The quantitative estimate of drug-likeness (QED) is 0.681. The molecular formula is C16H24N4O3. The standard InChI is InChI=1S/C16H24N4O3/c1-15(2,3)23-14(21)20-8-7-16(10-20,22-4)13-6-5-12(9-18-13)19-11-17/h5-6,9,11H,7-8,10H2,1-4H3,(H2,17,19). The fourth-order valence-electron chi connectivity index (χ4n) is 2.56. The number of methoxy groups -OCH3 is 1. The number of carbonyl (C=O) groups excluding carboxylic acids is 1. The van der Waals surface area contributed by atoms with E-state index >= 15 is 0 Å². The van der Waals surface area contributed by atoms with Gasteiger partial charge in [-0.1, -0.05) is 0 Å². The van der Waals surface area contributed by atoms with Crippen molar-refractivity contribution in [2.75, 3.05) is 20.2 Å². The number of likely N-dealkylation sites (tertiary alicyclic amines) is 1. The molecule has 1 aromatic rings. The molecule has 2 heterocycles. The van der Waals surface area contributed by atoms with Crippen molar-refractivity contribution in [1.82, 2.24) is 9.88 Å². The molecular weight excluding hydrogens is 296 g/mol. The molecule has 2 rings (SSSR count). The van der Waals surface area contributed by atoms with Crippen molar-refractivity contribution in [3.63, 3.8) is 0 Å². The Morgan fingerprint density at radius 3 is 2.74 bits per heavy atom. The molecule has 1 amide bonds. The first kappa shape index (κ1) is 17.2. The summed E-state index contributed by atoms with van der Waals surface area (Å²) in [5.41, 5.74) is 5.57. The van der Waals surface area contributed by atoms with Crippen LogP contribution >= 0.6 is 0 Å². The van der Waals surface area contributed by atoms with Crippen molar-refractivity contribution in [1.29, 1.82) is 0 Å². The van der Waals surface area contributed by atoms with E-state index in [4.69, 9.17) is 15.2 Å². The number of hydrogen-bond donors (Lipinski definition) is 1. The van der Waals surface area contributed by atoms with Gasteiger partial charge in [-0.15, -0.1) is 0 Å². The minimum absolute atomic E-state index is 0.333. The van der Waals surface area contributed by atoms with E-state index in [2.05, 4.69) is 9.98 Å². The molecule has 0 spiro atoms. The maximum Gasteiger partial charge on any atom is 0.410 e. The second-order valence-electron chi connectivity index (χ2n) is 6.53. The van der Waals surface area contributed by atoms with E-state index in [1.165, 1.54) is 6.34 Å². The lowest BCUT2D eigenvalue weighted by molar-refractivity contribution is -0.0158. The van der Waals surface area contributed by atoms with Crippen molar-refractivity contribution in [2.45, 2.75) is 38.4 Å². The van der Waals surface area contributed by atoms with Crippen molar-refractivity contribution in [2.24, 2.45) is 10.7 Å². The van der Waals surface area contributed by atoms with Gasteiger partial charge in [-0.2, -0.15) is 0 Å². The first-order valence-electron chi connectivity index (χ1n) is 7.53.